The summed E-state index contributed by atoms with van der Waals surface area (Å²) >= 11 is 0. The summed E-state index contributed by atoms with van der Waals surface area (Å²) in [5.74, 6) is -0.852. The summed E-state index contributed by atoms with van der Waals surface area (Å²) < 4.78 is 3.40. The van der Waals surface area contributed by atoms with Gasteiger partial charge in [0.05, 0.1) is 6.04 Å². The first-order valence-corrected chi connectivity index (χ1v) is 12.3. The molecular weight excluding hydrogens is 454 g/mol. The largest absolute Gasteiger partial charge is 0.501 e. The molecule has 182 valence electrons. The van der Waals surface area contributed by atoms with E-state index in [1.165, 1.54) is 22.3 Å². The number of carbonyl (C=O) groups is 1. The molecule has 0 bridgehead atoms. The summed E-state index contributed by atoms with van der Waals surface area (Å²) in [6.45, 7) is 4.31. The van der Waals surface area contributed by atoms with Crippen LogP contribution in [0.2, 0.25) is 0 Å². The van der Waals surface area contributed by atoms with Gasteiger partial charge in [0.2, 0.25) is 11.7 Å². The van der Waals surface area contributed by atoms with E-state index in [4.69, 9.17) is 0 Å². The van der Waals surface area contributed by atoms with Crippen molar-refractivity contribution in [2.75, 3.05) is 6.54 Å². The third-order valence-corrected chi connectivity index (χ3v) is 7.45. The van der Waals surface area contributed by atoms with Crippen molar-refractivity contribution in [2.24, 2.45) is 0 Å². The molecule has 3 heterocycles. The number of rotatable bonds is 3. The molecular formula is C28H27N5O3. The van der Waals surface area contributed by atoms with Gasteiger partial charge in [0.1, 0.15) is 6.33 Å². The quantitative estimate of drug-likeness (QED) is 0.484. The normalized spacial score (nSPS) is 17.5. The van der Waals surface area contributed by atoms with Crippen LogP contribution < -0.4 is 5.56 Å². The van der Waals surface area contributed by atoms with Gasteiger partial charge in [-0.15, -0.1) is 0 Å². The first-order valence-electron chi connectivity index (χ1n) is 12.3. The molecule has 0 fully saturated rings. The SMILES string of the molecule is CC(C)N1C[C@H](C2c3ccccc3CCc3ccccc32)n2c(-n3ccnc3)nc(=O)c(O)c2C1=O. The Balaban J connectivity index is 1.70. The molecule has 1 amide bonds. The molecule has 8 heteroatoms. The Bertz CT molecular complexity index is 1480. The number of aromatic nitrogens is 4. The highest BCUT2D eigenvalue weighted by Crippen LogP contribution is 2.45. The number of hydrogen-bond donors (Lipinski definition) is 1. The molecule has 1 aliphatic heterocycles. The fourth-order valence-corrected chi connectivity index (χ4v) is 5.77. The summed E-state index contributed by atoms with van der Waals surface area (Å²) in [5, 5.41) is 10.9. The highest BCUT2D eigenvalue weighted by Gasteiger charge is 2.43. The van der Waals surface area contributed by atoms with Crippen LogP contribution in [0.15, 0.2) is 72.0 Å². The summed E-state index contributed by atoms with van der Waals surface area (Å²) in [4.78, 5) is 36.6. The topological polar surface area (TPSA) is 93.2 Å². The van der Waals surface area contributed by atoms with Crippen LogP contribution in [0.25, 0.3) is 5.95 Å². The van der Waals surface area contributed by atoms with Crippen LogP contribution in [0.1, 0.15) is 58.5 Å². The third kappa shape index (κ3) is 3.36. The van der Waals surface area contributed by atoms with Crippen molar-refractivity contribution in [1.82, 2.24) is 24.0 Å². The predicted molar refractivity (Wildman–Crippen MR) is 135 cm³/mol. The van der Waals surface area contributed by atoms with E-state index in [2.05, 4.69) is 46.4 Å². The summed E-state index contributed by atoms with van der Waals surface area (Å²) in [5.41, 5.74) is 4.04. The highest BCUT2D eigenvalue weighted by molar-refractivity contribution is 5.96. The fourth-order valence-electron chi connectivity index (χ4n) is 5.77. The van der Waals surface area contributed by atoms with Crippen LogP contribution in [0.3, 0.4) is 0 Å². The van der Waals surface area contributed by atoms with E-state index < -0.39 is 11.3 Å². The number of carbonyl (C=O) groups excluding carboxylic acids is 1. The van der Waals surface area contributed by atoms with E-state index in [1.54, 1.807) is 32.8 Å². The van der Waals surface area contributed by atoms with Gasteiger partial charge in [-0.1, -0.05) is 48.5 Å². The second-order valence-corrected chi connectivity index (χ2v) is 9.75. The fraction of sp³-hybridized carbons (Fsp3) is 0.286. The molecule has 0 saturated carbocycles. The van der Waals surface area contributed by atoms with Gasteiger partial charge >= 0.3 is 5.56 Å². The Morgan fingerprint density at radius 3 is 2.19 bits per heavy atom. The van der Waals surface area contributed by atoms with E-state index in [1.807, 2.05) is 26.0 Å². The zero-order valence-corrected chi connectivity index (χ0v) is 20.2. The molecule has 1 atom stereocenters. The van der Waals surface area contributed by atoms with Crippen LogP contribution in [0, 0.1) is 0 Å². The Labute approximate surface area is 208 Å². The summed E-state index contributed by atoms with van der Waals surface area (Å²) in [6, 6.07) is 16.4. The molecule has 2 aliphatic rings. The number of aromatic hydroxyl groups is 1. The van der Waals surface area contributed by atoms with E-state index in [-0.39, 0.29) is 35.6 Å². The molecule has 1 N–H and O–H groups in total. The Morgan fingerprint density at radius 2 is 1.61 bits per heavy atom. The van der Waals surface area contributed by atoms with Crippen LogP contribution in [0.5, 0.6) is 5.75 Å². The van der Waals surface area contributed by atoms with E-state index in [0.29, 0.717) is 6.54 Å². The van der Waals surface area contributed by atoms with Crippen molar-refractivity contribution in [1.29, 1.82) is 0 Å². The smallest absolute Gasteiger partial charge is 0.317 e. The van der Waals surface area contributed by atoms with Gasteiger partial charge < -0.3 is 10.0 Å². The lowest BCUT2D eigenvalue weighted by molar-refractivity contribution is 0.0585. The number of fused-ring (bicyclic) bond motifs is 3. The van der Waals surface area contributed by atoms with Crippen molar-refractivity contribution in [3.8, 4) is 11.7 Å². The zero-order chi connectivity index (χ0) is 25.0. The molecule has 4 aromatic rings. The van der Waals surface area contributed by atoms with Crippen molar-refractivity contribution >= 4 is 5.91 Å². The van der Waals surface area contributed by atoms with Crippen molar-refractivity contribution in [3.63, 3.8) is 0 Å². The van der Waals surface area contributed by atoms with Crippen molar-refractivity contribution < 1.29 is 9.90 Å². The monoisotopic (exact) mass is 481 g/mol. The number of imidazole rings is 1. The average molecular weight is 482 g/mol. The first-order chi connectivity index (χ1) is 17.5. The van der Waals surface area contributed by atoms with Crippen LogP contribution in [-0.4, -0.2) is 47.6 Å². The lowest BCUT2D eigenvalue weighted by Gasteiger charge is -2.42. The standard InChI is InChI=1S/C28H27N5O3/c1-17(2)32-15-22(23-20-9-5-3-7-18(20)11-12-19-8-4-6-10-21(19)23)33-24(27(32)36)25(34)26(35)30-28(33)31-14-13-29-16-31/h3-10,13-14,16-17,22-23,34H,11-12,15H2,1-2H3/t22-/m1/s1. The molecule has 8 nitrogen and oxygen atoms in total. The van der Waals surface area contributed by atoms with E-state index in [9.17, 15) is 14.7 Å². The van der Waals surface area contributed by atoms with Gasteiger partial charge in [-0.3, -0.25) is 18.7 Å². The molecule has 36 heavy (non-hydrogen) atoms. The predicted octanol–water partition coefficient (Wildman–Crippen LogP) is 3.47. The number of hydrogen-bond acceptors (Lipinski definition) is 5. The van der Waals surface area contributed by atoms with Crippen LogP contribution in [-0.2, 0) is 12.8 Å². The summed E-state index contributed by atoms with van der Waals surface area (Å²) in [7, 11) is 0. The minimum Gasteiger partial charge on any atom is -0.501 e. The molecule has 6 rings (SSSR count). The van der Waals surface area contributed by atoms with Crippen molar-refractivity contribution in [2.45, 2.75) is 44.7 Å². The highest BCUT2D eigenvalue weighted by atomic mass is 16.3. The second kappa shape index (κ2) is 8.48. The molecule has 0 saturated heterocycles. The Kier molecular flexibility index (Phi) is 5.25. The van der Waals surface area contributed by atoms with Gasteiger partial charge in [-0.05, 0) is 48.9 Å². The van der Waals surface area contributed by atoms with E-state index in [0.717, 1.165) is 12.8 Å². The molecule has 0 radical (unpaired) electrons. The van der Waals surface area contributed by atoms with E-state index >= 15 is 0 Å². The molecule has 0 unspecified atom stereocenters. The minimum absolute atomic E-state index is 0.0251. The van der Waals surface area contributed by atoms with Gasteiger partial charge in [0.15, 0.2) is 5.69 Å². The molecule has 2 aromatic carbocycles. The third-order valence-electron chi connectivity index (χ3n) is 7.45. The molecule has 0 spiro atoms. The molecule has 1 aliphatic carbocycles. The van der Waals surface area contributed by atoms with Crippen molar-refractivity contribution in [3.05, 3.63) is 106 Å². The van der Waals surface area contributed by atoms with Gasteiger partial charge in [-0.2, -0.15) is 4.98 Å². The summed E-state index contributed by atoms with van der Waals surface area (Å²) in [6.07, 6.45) is 6.67. The Hall–Kier alpha value is -4.20. The van der Waals surface area contributed by atoms with Gasteiger partial charge in [0.25, 0.3) is 5.91 Å². The zero-order valence-electron chi connectivity index (χ0n) is 20.2. The van der Waals surface area contributed by atoms with Crippen LogP contribution in [0.4, 0.5) is 0 Å². The average Bonchev–Trinajstić information content (AvgIpc) is 3.36. The van der Waals surface area contributed by atoms with Gasteiger partial charge in [0, 0.05) is 30.9 Å². The maximum Gasteiger partial charge on any atom is 0.317 e. The number of amides is 1. The van der Waals surface area contributed by atoms with Gasteiger partial charge in [-0.25, -0.2) is 4.98 Å². The second-order valence-electron chi connectivity index (χ2n) is 9.75. The van der Waals surface area contributed by atoms with Crippen LogP contribution >= 0.6 is 0 Å². The first kappa shape index (κ1) is 22.3. The number of nitrogens with zero attached hydrogens (tertiary/aromatic N) is 5. The molecule has 2 aromatic heterocycles. The lowest BCUT2D eigenvalue weighted by Crippen LogP contribution is -2.50. The maximum absolute atomic E-state index is 13.7. The number of benzene rings is 2. The Morgan fingerprint density at radius 1 is 0.972 bits per heavy atom. The number of aryl methyl sites for hydroxylation is 2. The lowest BCUT2D eigenvalue weighted by atomic mass is 9.81. The maximum atomic E-state index is 13.7. The minimum atomic E-state index is -0.829.